The molecule has 3 aliphatic carbocycles. The Labute approximate surface area is 183 Å². The van der Waals surface area contributed by atoms with Crippen molar-refractivity contribution in [2.45, 2.75) is 81.1 Å². The summed E-state index contributed by atoms with van der Waals surface area (Å²) in [5.41, 5.74) is -1.77. The SMILES string of the molecule is CC1OC2CC(O)C1(O)C1C(O)C3C(=O)C4=C(C(=O)C3C(O)C21)[C@@H]1OC(=O)C[C@@H]1O[C@H]4C. The molecule has 7 aliphatic rings. The molecular formula is C22H26O10. The summed E-state index contributed by atoms with van der Waals surface area (Å²) >= 11 is 0. The quantitative estimate of drug-likeness (QED) is 0.305. The molecule has 10 unspecified atom stereocenters. The third-order valence-electron chi connectivity index (χ3n) is 8.74. The Kier molecular flexibility index (Phi) is 4.21. The van der Waals surface area contributed by atoms with Gasteiger partial charge in [0.25, 0.3) is 0 Å². The molecule has 10 nitrogen and oxygen atoms in total. The van der Waals surface area contributed by atoms with Crippen LogP contribution >= 0.6 is 0 Å². The van der Waals surface area contributed by atoms with Gasteiger partial charge >= 0.3 is 5.97 Å². The molecule has 174 valence electrons. The lowest BCUT2D eigenvalue weighted by molar-refractivity contribution is -0.344. The molecule has 2 saturated carbocycles. The van der Waals surface area contributed by atoms with Crippen LogP contribution in [-0.2, 0) is 28.6 Å². The van der Waals surface area contributed by atoms with E-state index < -0.39 is 95.6 Å². The van der Waals surface area contributed by atoms with Crippen LogP contribution in [-0.4, -0.2) is 92.4 Å². The lowest BCUT2D eigenvalue weighted by Gasteiger charge is -2.64. The van der Waals surface area contributed by atoms with E-state index >= 15 is 0 Å². The number of Topliss-reactive ketones (excluding diaryl/α,β-unsaturated/α-hetero) is 2. The third-order valence-corrected chi connectivity index (χ3v) is 8.74. The van der Waals surface area contributed by atoms with Crippen molar-refractivity contribution < 1.29 is 49.0 Å². The highest BCUT2D eigenvalue weighted by molar-refractivity contribution is 6.16. The van der Waals surface area contributed by atoms with Crippen molar-refractivity contribution in [1.82, 2.24) is 0 Å². The average molecular weight is 450 g/mol. The maximum absolute atomic E-state index is 13.7. The molecule has 13 atom stereocenters. The lowest BCUT2D eigenvalue weighted by Crippen LogP contribution is -2.78. The van der Waals surface area contributed by atoms with E-state index in [1.807, 2.05) is 0 Å². The Hall–Kier alpha value is -1.69. The lowest BCUT2D eigenvalue weighted by atomic mass is 9.48. The van der Waals surface area contributed by atoms with Gasteiger partial charge in [0.05, 0.1) is 54.9 Å². The van der Waals surface area contributed by atoms with Crippen molar-refractivity contribution in [2.75, 3.05) is 0 Å². The van der Waals surface area contributed by atoms with E-state index in [0.29, 0.717) is 0 Å². The van der Waals surface area contributed by atoms with Crippen molar-refractivity contribution in [3.05, 3.63) is 11.1 Å². The highest BCUT2D eigenvalue weighted by Gasteiger charge is 2.72. The number of fused-ring (bicyclic) bond motifs is 5. The first-order valence-electron chi connectivity index (χ1n) is 11.2. The molecule has 0 aromatic carbocycles. The van der Waals surface area contributed by atoms with Crippen LogP contribution in [0.15, 0.2) is 11.1 Å². The van der Waals surface area contributed by atoms with E-state index in [1.165, 1.54) is 0 Å². The van der Waals surface area contributed by atoms with E-state index in [9.17, 15) is 34.8 Å². The van der Waals surface area contributed by atoms with Crippen LogP contribution in [0, 0.1) is 23.7 Å². The van der Waals surface area contributed by atoms with Gasteiger partial charge in [0.15, 0.2) is 17.7 Å². The monoisotopic (exact) mass is 450 g/mol. The van der Waals surface area contributed by atoms with Crippen molar-refractivity contribution in [3.8, 4) is 0 Å². The van der Waals surface area contributed by atoms with Crippen molar-refractivity contribution in [1.29, 1.82) is 0 Å². The highest BCUT2D eigenvalue weighted by Crippen LogP contribution is 2.58. The van der Waals surface area contributed by atoms with Gasteiger partial charge in [-0.1, -0.05) is 0 Å². The molecule has 5 fully saturated rings. The van der Waals surface area contributed by atoms with Gasteiger partial charge in [0.2, 0.25) is 0 Å². The Morgan fingerprint density at radius 3 is 2.25 bits per heavy atom. The summed E-state index contributed by atoms with van der Waals surface area (Å²) in [6.45, 7) is 3.18. The van der Waals surface area contributed by atoms with Crippen LogP contribution in [0.4, 0.5) is 0 Å². The van der Waals surface area contributed by atoms with Crippen LogP contribution in [0.3, 0.4) is 0 Å². The zero-order chi connectivity index (χ0) is 22.9. The third kappa shape index (κ3) is 2.28. The molecule has 3 saturated heterocycles. The largest absolute Gasteiger partial charge is 0.454 e. The molecule has 4 aliphatic heterocycles. The van der Waals surface area contributed by atoms with Crippen LogP contribution in [0.1, 0.15) is 26.7 Å². The minimum Gasteiger partial charge on any atom is -0.454 e. The molecule has 0 amide bonds. The first-order chi connectivity index (χ1) is 15.1. The molecular weight excluding hydrogens is 424 g/mol. The second-order valence-electron chi connectivity index (χ2n) is 10.1. The van der Waals surface area contributed by atoms with E-state index in [4.69, 9.17) is 14.2 Å². The molecule has 2 bridgehead atoms. The zero-order valence-corrected chi connectivity index (χ0v) is 17.6. The van der Waals surface area contributed by atoms with Crippen LogP contribution in [0.25, 0.3) is 0 Å². The fourth-order valence-corrected chi connectivity index (χ4v) is 7.41. The van der Waals surface area contributed by atoms with Gasteiger partial charge in [0, 0.05) is 29.4 Å². The summed E-state index contributed by atoms with van der Waals surface area (Å²) in [5, 5.41) is 44.7. The number of ketones is 2. The predicted octanol–water partition coefficient (Wildman–Crippen LogP) is -1.98. The van der Waals surface area contributed by atoms with Crippen molar-refractivity contribution in [3.63, 3.8) is 0 Å². The smallest absolute Gasteiger partial charge is 0.309 e. The van der Waals surface area contributed by atoms with E-state index in [-0.39, 0.29) is 24.0 Å². The molecule has 4 heterocycles. The second kappa shape index (κ2) is 6.46. The normalized spacial score (nSPS) is 56.4. The number of esters is 1. The molecule has 0 spiro atoms. The Balaban J connectivity index is 1.48. The standard InChI is InChI=1S/C22H26O10/c1-5-11-15(21-8(30-5)4-10(24)32-21)19(27)13-14(17(11)25)20(28)16-12(18(13)26)7-3-9(23)22(16,29)6(2)31-7/h5-9,12-14,16,18,20-21,23,26,28-29H,3-4H2,1-2H3/t5-,6?,7?,8-,9?,12?,13?,14?,16?,18?,20?,21+,22?/m0/s1. The van der Waals surface area contributed by atoms with E-state index in [2.05, 4.69) is 0 Å². The number of ether oxygens (including phenoxy) is 3. The molecule has 32 heavy (non-hydrogen) atoms. The average Bonchev–Trinajstić information content (AvgIpc) is 3.09. The molecule has 0 aromatic rings. The zero-order valence-electron chi connectivity index (χ0n) is 17.6. The van der Waals surface area contributed by atoms with Gasteiger partial charge < -0.3 is 34.6 Å². The first kappa shape index (κ1) is 20.9. The van der Waals surface area contributed by atoms with Gasteiger partial charge in [-0.2, -0.15) is 0 Å². The van der Waals surface area contributed by atoms with Crippen molar-refractivity contribution in [2.24, 2.45) is 23.7 Å². The van der Waals surface area contributed by atoms with Crippen LogP contribution < -0.4 is 0 Å². The van der Waals surface area contributed by atoms with Gasteiger partial charge in [-0.15, -0.1) is 0 Å². The van der Waals surface area contributed by atoms with Gasteiger partial charge in [0.1, 0.15) is 11.7 Å². The molecule has 7 rings (SSSR count). The summed E-state index contributed by atoms with van der Waals surface area (Å²) in [6, 6.07) is 0. The van der Waals surface area contributed by atoms with E-state index in [1.54, 1.807) is 13.8 Å². The summed E-state index contributed by atoms with van der Waals surface area (Å²) in [5.74, 6) is -6.09. The highest BCUT2D eigenvalue weighted by atomic mass is 16.6. The molecule has 10 heteroatoms. The van der Waals surface area contributed by atoms with Crippen LogP contribution in [0.5, 0.6) is 0 Å². The number of carbonyl (C=O) groups excluding carboxylic acids is 3. The number of carbonyl (C=O) groups is 3. The topological polar surface area (TPSA) is 160 Å². The number of hydrogen-bond acceptors (Lipinski definition) is 10. The van der Waals surface area contributed by atoms with Gasteiger partial charge in [-0.25, -0.2) is 0 Å². The summed E-state index contributed by atoms with van der Waals surface area (Å²) < 4.78 is 16.9. The predicted molar refractivity (Wildman–Crippen MR) is 102 cm³/mol. The van der Waals surface area contributed by atoms with Crippen molar-refractivity contribution >= 4 is 17.5 Å². The van der Waals surface area contributed by atoms with Gasteiger partial charge in [-0.05, 0) is 13.8 Å². The maximum Gasteiger partial charge on any atom is 0.309 e. The second-order valence-corrected chi connectivity index (χ2v) is 10.1. The molecule has 0 aromatic heterocycles. The van der Waals surface area contributed by atoms with E-state index in [0.717, 1.165) is 0 Å². The Bertz CT molecular complexity index is 944. The fourth-order valence-electron chi connectivity index (χ4n) is 7.41. The number of rotatable bonds is 0. The minimum atomic E-state index is -1.87. The summed E-state index contributed by atoms with van der Waals surface area (Å²) in [4.78, 5) is 39.2. The van der Waals surface area contributed by atoms with Crippen LogP contribution in [0.2, 0.25) is 0 Å². The summed E-state index contributed by atoms with van der Waals surface area (Å²) in [6.07, 6.45) is -8.05. The first-order valence-corrected chi connectivity index (χ1v) is 11.2. The number of hydrogen-bond donors (Lipinski definition) is 4. The minimum absolute atomic E-state index is 0.0318. The Morgan fingerprint density at radius 2 is 1.56 bits per heavy atom. The Morgan fingerprint density at radius 1 is 0.906 bits per heavy atom. The number of aliphatic hydroxyl groups excluding tert-OH is 3. The van der Waals surface area contributed by atoms with Gasteiger partial charge in [-0.3, -0.25) is 14.4 Å². The molecule has 4 N–H and O–H groups in total. The number of aliphatic hydroxyl groups is 4. The summed E-state index contributed by atoms with van der Waals surface area (Å²) in [7, 11) is 0. The molecule has 0 radical (unpaired) electrons. The fraction of sp³-hybridized carbons (Fsp3) is 0.773. The maximum atomic E-state index is 13.7.